The quantitative estimate of drug-likeness (QED) is 0.725. The molecule has 1 rings (SSSR count). The molecule has 0 saturated heterocycles. The molecule has 4 nitrogen and oxygen atoms in total. The van der Waals surface area contributed by atoms with Gasteiger partial charge < -0.3 is 4.74 Å². The number of carbonyl (C=O) groups is 1. The van der Waals surface area contributed by atoms with Crippen LogP contribution < -0.4 is 4.74 Å². The Labute approximate surface area is 85.8 Å². The minimum Gasteiger partial charge on any atom is -0.481 e. The van der Waals surface area contributed by atoms with E-state index < -0.39 is 12.0 Å². The van der Waals surface area contributed by atoms with E-state index in [4.69, 9.17) is 16.3 Å². The summed E-state index contributed by atoms with van der Waals surface area (Å²) in [5.74, 6) is -0.410. The Morgan fingerprint density at radius 2 is 2.29 bits per heavy atom. The predicted octanol–water partition coefficient (Wildman–Crippen LogP) is 2.40. The van der Waals surface area contributed by atoms with Gasteiger partial charge in [0.2, 0.25) is 0 Å². The fourth-order valence-electron chi connectivity index (χ4n) is 0.869. The Morgan fingerprint density at radius 1 is 1.57 bits per heavy atom. The van der Waals surface area contributed by atoms with Crippen LogP contribution in [-0.4, -0.2) is 12.0 Å². The second kappa shape index (κ2) is 4.72. The van der Waals surface area contributed by atoms with E-state index >= 15 is 0 Å². The van der Waals surface area contributed by atoms with Crippen molar-refractivity contribution in [1.29, 1.82) is 0 Å². The summed E-state index contributed by atoms with van der Waals surface area (Å²) in [6.07, 6.45) is -0.883. The summed E-state index contributed by atoms with van der Waals surface area (Å²) in [6.45, 7) is 1.45. The van der Waals surface area contributed by atoms with Gasteiger partial charge in [-0.2, -0.15) is 0 Å². The van der Waals surface area contributed by atoms with Crippen LogP contribution in [0.5, 0.6) is 5.75 Å². The van der Waals surface area contributed by atoms with Crippen molar-refractivity contribution < 1.29 is 9.53 Å². The number of hydrogen-bond donors (Lipinski definition) is 0. The summed E-state index contributed by atoms with van der Waals surface area (Å²) in [4.78, 5) is 20.7. The summed E-state index contributed by atoms with van der Waals surface area (Å²) < 4.78 is 5.12. The Bertz CT molecular complexity index is 354. The average Bonchev–Trinajstić information content (AvgIpc) is 2.16. The fourth-order valence-corrected chi connectivity index (χ4v) is 1.05. The summed E-state index contributed by atoms with van der Waals surface area (Å²) >= 11 is 5.69. The van der Waals surface area contributed by atoms with Crippen LogP contribution in [0.4, 0.5) is 0 Å². The zero-order valence-corrected chi connectivity index (χ0v) is 8.19. The van der Waals surface area contributed by atoms with Crippen LogP contribution in [0.1, 0.15) is 6.92 Å². The number of amides is 1. The van der Waals surface area contributed by atoms with Gasteiger partial charge in [0.05, 0.1) is 0 Å². The lowest BCUT2D eigenvalue weighted by Crippen LogP contribution is -2.21. The first-order valence-corrected chi connectivity index (χ1v) is 4.30. The molecule has 0 bridgehead atoms. The monoisotopic (exact) mass is 213 g/mol. The first-order valence-electron chi connectivity index (χ1n) is 3.93. The van der Waals surface area contributed by atoms with Crippen LogP contribution >= 0.6 is 11.6 Å². The molecule has 0 N–H and O–H groups in total. The number of hydrogen-bond acceptors (Lipinski definition) is 3. The van der Waals surface area contributed by atoms with E-state index in [0.29, 0.717) is 10.8 Å². The maximum atomic E-state index is 10.8. The van der Waals surface area contributed by atoms with Gasteiger partial charge in [-0.1, -0.05) is 17.7 Å². The summed E-state index contributed by atoms with van der Waals surface area (Å²) in [7, 11) is 0. The molecule has 0 fully saturated rings. The maximum absolute atomic E-state index is 10.8. The Kier molecular flexibility index (Phi) is 3.59. The maximum Gasteiger partial charge on any atom is 0.326 e. The molecule has 0 heterocycles. The number of nitrogens with zero attached hydrogens (tertiary/aromatic N) is 1. The topological polar surface area (TPSA) is 55.7 Å². The average molecular weight is 214 g/mol. The molecular weight excluding hydrogens is 206 g/mol. The van der Waals surface area contributed by atoms with Crippen LogP contribution in [-0.2, 0) is 4.79 Å². The molecule has 0 aliphatic heterocycles. The SMILES string of the molecule is CC(Oc1cccc(Cl)c1)C(=O)N=O. The van der Waals surface area contributed by atoms with Crippen molar-refractivity contribution in [2.75, 3.05) is 0 Å². The largest absolute Gasteiger partial charge is 0.481 e. The Hall–Kier alpha value is -1.42. The molecule has 0 aliphatic carbocycles. The van der Waals surface area contributed by atoms with Gasteiger partial charge in [0.25, 0.3) is 0 Å². The third-order valence-corrected chi connectivity index (χ3v) is 1.78. The van der Waals surface area contributed by atoms with Crippen LogP contribution in [0.2, 0.25) is 5.02 Å². The number of nitroso groups, excluding NO2 is 1. The third-order valence-electron chi connectivity index (χ3n) is 1.55. The molecule has 1 atom stereocenters. The lowest BCUT2D eigenvalue weighted by atomic mass is 10.3. The van der Waals surface area contributed by atoms with E-state index in [2.05, 4.69) is 5.18 Å². The van der Waals surface area contributed by atoms with Crippen molar-refractivity contribution in [3.05, 3.63) is 34.2 Å². The zero-order valence-electron chi connectivity index (χ0n) is 7.44. The minimum absolute atomic E-state index is 0.432. The van der Waals surface area contributed by atoms with E-state index in [1.54, 1.807) is 24.3 Å². The number of ether oxygens (including phenoxy) is 1. The van der Waals surface area contributed by atoms with Gasteiger partial charge in [0, 0.05) is 10.2 Å². The fraction of sp³-hybridized carbons (Fsp3) is 0.222. The van der Waals surface area contributed by atoms with Crippen LogP contribution in [0, 0.1) is 4.91 Å². The number of benzene rings is 1. The Morgan fingerprint density at radius 3 is 2.86 bits per heavy atom. The highest BCUT2D eigenvalue weighted by molar-refractivity contribution is 6.30. The molecule has 0 spiro atoms. The molecular formula is C9H8ClNO3. The van der Waals surface area contributed by atoms with Crippen LogP contribution in [0.25, 0.3) is 0 Å². The minimum atomic E-state index is -0.883. The normalized spacial score (nSPS) is 11.9. The lowest BCUT2D eigenvalue weighted by molar-refractivity contribution is -0.123. The van der Waals surface area contributed by atoms with Gasteiger partial charge in [-0.3, -0.25) is 4.79 Å². The predicted molar refractivity (Wildman–Crippen MR) is 52.3 cm³/mol. The van der Waals surface area contributed by atoms with E-state index in [1.165, 1.54) is 6.92 Å². The second-order valence-corrected chi connectivity index (χ2v) is 3.08. The van der Waals surface area contributed by atoms with Crippen molar-refractivity contribution in [1.82, 2.24) is 0 Å². The van der Waals surface area contributed by atoms with Gasteiger partial charge in [-0.25, -0.2) is 0 Å². The summed E-state index contributed by atoms with van der Waals surface area (Å²) in [6, 6.07) is 6.55. The molecule has 1 amide bonds. The molecule has 1 unspecified atom stereocenters. The third kappa shape index (κ3) is 2.81. The standard InChI is InChI=1S/C9H8ClNO3/c1-6(9(12)11-13)14-8-4-2-3-7(10)5-8/h2-6H,1H3. The zero-order chi connectivity index (χ0) is 10.6. The Balaban J connectivity index is 2.69. The molecule has 5 heteroatoms. The molecule has 0 saturated carbocycles. The van der Waals surface area contributed by atoms with Crippen molar-refractivity contribution in [3.63, 3.8) is 0 Å². The highest BCUT2D eigenvalue weighted by atomic mass is 35.5. The van der Waals surface area contributed by atoms with Gasteiger partial charge in [0.1, 0.15) is 5.75 Å². The molecule has 1 aromatic rings. The number of carbonyl (C=O) groups excluding carboxylic acids is 1. The highest BCUT2D eigenvalue weighted by Gasteiger charge is 2.14. The van der Waals surface area contributed by atoms with Crippen LogP contribution in [0.3, 0.4) is 0 Å². The molecule has 0 radical (unpaired) electrons. The molecule has 74 valence electrons. The van der Waals surface area contributed by atoms with Crippen LogP contribution in [0.15, 0.2) is 29.4 Å². The van der Waals surface area contributed by atoms with E-state index in [-0.39, 0.29) is 0 Å². The second-order valence-electron chi connectivity index (χ2n) is 2.65. The first kappa shape index (κ1) is 10.7. The van der Waals surface area contributed by atoms with E-state index in [0.717, 1.165) is 0 Å². The van der Waals surface area contributed by atoms with E-state index in [9.17, 15) is 9.70 Å². The lowest BCUT2D eigenvalue weighted by Gasteiger charge is -2.09. The smallest absolute Gasteiger partial charge is 0.326 e. The molecule has 1 aromatic carbocycles. The summed E-state index contributed by atoms with van der Waals surface area (Å²) in [5, 5.41) is 2.76. The van der Waals surface area contributed by atoms with Gasteiger partial charge in [0.15, 0.2) is 6.10 Å². The molecule has 0 aromatic heterocycles. The van der Waals surface area contributed by atoms with Gasteiger partial charge >= 0.3 is 5.91 Å². The van der Waals surface area contributed by atoms with Crippen molar-refractivity contribution >= 4 is 17.5 Å². The van der Waals surface area contributed by atoms with Crippen molar-refractivity contribution in [2.45, 2.75) is 13.0 Å². The highest BCUT2D eigenvalue weighted by Crippen LogP contribution is 2.18. The van der Waals surface area contributed by atoms with Crippen molar-refractivity contribution in [3.8, 4) is 5.75 Å². The van der Waals surface area contributed by atoms with Gasteiger partial charge in [-0.15, -0.1) is 4.91 Å². The van der Waals surface area contributed by atoms with Crippen molar-refractivity contribution in [2.24, 2.45) is 5.18 Å². The van der Waals surface area contributed by atoms with Gasteiger partial charge in [-0.05, 0) is 25.1 Å². The number of rotatable bonds is 3. The summed E-state index contributed by atoms with van der Waals surface area (Å²) in [5.41, 5.74) is 0. The number of halogens is 1. The first-order chi connectivity index (χ1) is 6.63. The molecule has 14 heavy (non-hydrogen) atoms. The molecule has 0 aliphatic rings. The van der Waals surface area contributed by atoms with E-state index in [1.807, 2.05) is 0 Å².